The van der Waals surface area contributed by atoms with Crippen LogP contribution in [-0.4, -0.2) is 40.7 Å². The molecular weight excluding hydrogens is 252 g/mol. The Labute approximate surface area is 119 Å². The summed E-state index contributed by atoms with van der Waals surface area (Å²) in [6.45, 7) is 8.07. The minimum atomic E-state index is 0.520. The summed E-state index contributed by atoms with van der Waals surface area (Å²) >= 11 is 0. The van der Waals surface area contributed by atoms with Crippen molar-refractivity contribution in [2.75, 3.05) is 19.6 Å². The van der Waals surface area contributed by atoms with Gasteiger partial charge in [-0.2, -0.15) is 4.98 Å². The first-order valence-electron chi connectivity index (χ1n) is 7.06. The molecule has 1 aliphatic rings. The second-order valence-corrected chi connectivity index (χ2v) is 5.48. The highest BCUT2D eigenvalue weighted by Gasteiger charge is 2.18. The Morgan fingerprint density at radius 1 is 1.45 bits per heavy atom. The number of aromatic nitrogens is 2. The van der Waals surface area contributed by atoms with Crippen molar-refractivity contribution in [2.24, 2.45) is 0 Å². The fourth-order valence-electron chi connectivity index (χ4n) is 2.57. The summed E-state index contributed by atoms with van der Waals surface area (Å²) in [6, 6.07) is 8.64. The Bertz CT molecular complexity index is 581. The third-order valence-electron chi connectivity index (χ3n) is 3.55. The Morgan fingerprint density at radius 3 is 3.15 bits per heavy atom. The molecule has 2 aromatic rings. The first-order valence-corrected chi connectivity index (χ1v) is 7.06. The van der Waals surface area contributed by atoms with Gasteiger partial charge in [0.2, 0.25) is 0 Å². The van der Waals surface area contributed by atoms with Crippen LogP contribution in [0.1, 0.15) is 18.3 Å². The van der Waals surface area contributed by atoms with Crippen molar-refractivity contribution in [3.05, 3.63) is 35.7 Å². The van der Waals surface area contributed by atoms with Gasteiger partial charge in [-0.25, -0.2) is 0 Å². The van der Waals surface area contributed by atoms with Gasteiger partial charge in [0.05, 0.1) is 6.54 Å². The van der Waals surface area contributed by atoms with E-state index in [1.807, 2.05) is 12.1 Å². The van der Waals surface area contributed by atoms with E-state index in [1.165, 1.54) is 5.56 Å². The molecule has 0 aliphatic carbocycles. The molecule has 1 N–H and O–H groups in total. The molecule has 1 aliphatic heterocycles. The van der Waals surface area contributed by atoms with Gasteiger partial charge in [-0.05, 0) is 26.0 Å². The van der Waals surface area contributed by atoms with Crippen LogP contribution in [0, 0.1) is 6.92 Å². The smallest absolute Gasteiger partial charge is 0.257 e. The normalized spacial score (nSPS) is 20.2. The fourth-order valence-corrected chi connectivity index (χ4v) is 2.57. The standard InChI is InChI=1S/C15H20N4O/c1-11-4-3-5-13(8-11)15-17-14(18-20-15)10-19-7-6-16-12(2)9-19/h3-5,8,12,16H,6-7,9-10H2,1-2H3/t12-/m0/s1. The predicted octanol–water partition coefficient (Wildman–Crippen LogP) is 1.84. The number of hydrogen-bond donors (Lipinski definition) is 1. The Kier molecular flexibility index (Phi) is 3.80. The van der Waals surface area contributed by atoms with Crippen LogP contribution in [0.2, 0.25) is 0 Å². The lowest BCUT2D eigenvalue weighted by molar-refractivity contribution is 0.193. The van der Waals surface area contributed by atoms with Crippen molar-refractivity contribution in [3.63, 3.8) is 0 Å². The van der Waals surface area contributed by atoms with Crippen molar-refractivity contribution >= 4 is 0 Å². The van der Waals surface area contributed by atoms with Gasteiger partial charge in [0.1, 0.15) is 0 Å². The second-order valence-electron chi connectivity index (χ2n) is 5.48. The summed E-state index contributed by atoms with van der Waals surface area (Å²) in [4.78, 5) is 6.85. The molecule has 5 heteroatoms. The number of nitrogens with one attached hydrogen (secondary N) is 1. The second kappa shape index (κ2) is 5.73. The topological polar surface area (TPSA) is 54.2 Å². The first-order chi connectivity index (χ1) is 9.70. The van der Waals surface area contributed by atoms with Crippen LogP contribution in [0.15, 0.2) is 28.8 Å². The number of hydrogen-bond acceptors (Lipinski definition) is 5. The lowest BCUT2D eigenvalue weighted by Gasteiger charge is -2.30. The van der Waals surface area contributed by atoms with Gasteiger partial charge in [0.15, 0.2) is 5.82 Å². The predicted molar refractivity (Wildman–Crippen MR) is 77.2 cm³/mol. The average Bonchev–Trinajstić information content (AvgIpc) is 2.87. The van der Waals surface area contributed by atoms with Crippen molar-refractivity contribution in [2.45, 2.75) is 26.4 Å². The Balaban J connectivity index is 1.70. The molecule has 1 fully saturated rings. The molecule has 20 heavy (non-hydrogen) atoms. The molecule has 1 saturated heterocycles. The minimum Gasteiger partial charge on any atom is -0.334 e. The average molecular weight is 272 g/mol. The molecule has 1 aromatic heterocycles. The van der Waals surface area contributed by atoms with E-state index >= 15 is 0 Å². The van der Waals surface area contributed by atoms with Crippen LogP contribution in [-0.2, 0) is 6.54 Å². The van der Waals surface area contributed by atoms with Crippen molar-refractivity contribution in [3.8, 4) is 11.5 Å². The molecular formula is C15H20N4O. The molecule has 106 valence electrons. The number of benzene rings is 1. The molecule has 0 unspecified atom stereocenters. The number of nitrogens with zero attached hydrogens (tertiary/aromatic N) is 3. The van der Waals surface area contributed by atoms with Gasteiger partial charge in [-0.1, -0.05) is 22.9 Å². The quantitative estimate of drug-likeness (QED) is 0.924. The molecule has 1 aromatic carbocycles. The Hall–Kier alpha value is -1.72. The monoisotopic (exact) mass is 272 g/mol. The maximum atomic E-state index is 5.37. The molecule has 0 amide bonds. The molecule has 0 bridgehead atoms. The number of aryl methyl sites for hydroxylation is 1. The van der Waals surface area contributed by atoms with Gasteiger partial charge >= 0.3 is 0 Å². The number of rotatable bonds is 3. The van der Waals surface area contributed by atoms with E-state index < -0.39 is 0 Å². The zero-order valence-corrected chi connectivity index (χ0v) is 12.0. The zero-order chi connectivity index (χ0) is 13.9. The van der Waals surface area contributed by atoms with Gasteiger partial charge in [-0.15, -0.1) is 0 Å². The largest absolute Gasteiger partial charge is 0.334 e. The highest BCUT2D eigenvalue weighted by molar-refractivity contribution is 5.53. The Morgan fingerprint density at radius 2 is 2.35 bits per heavy atom. The zero-order valence-electron chi connectivity index (χ0n) is 12.0. The van der Waals surface area contributed by atoms with Crippen LogP contribution >= 0.6 is 0 Å². The summed E-state index contributed by atoms with van der Waals surface area (Å²) in [5, 5.41) is 7.52. The molecule has 5 nitrogen and oxygen atoms in total. The van der Waals surface area contributed by atoms with Gasteiger partial charge < -0.3 is 9.84 Å². The molecule has 0 saturated carbocycles. The van der Waals surface area contributed by atoms with Crippen LogP contribution < -0.4 is 5.32 Å². The molecule has 2 heterocycles. The lowest BCUT2D eigenvalue weighted by atomic mass is 10.1. The van der Waals surface area contributed by atoms with Crippen LogP contribution in [0.25, 0.3) is 11.5 Å². The minimum absolute atomic E-state index is 0.520. The summed E-state index contributed by atoms with van der Waals surface area (Å²) in [5.41, 5.74) is 2.18. The van der Waals surface area contributed by atoms with Crippen molar-refractivity contribution < 1.29 is 4.52 Å². The van der Waals surface area contributed by atoms with E-state index in [1.54, 1.807) is 0 Å². The van der Waals surface area contributed by atoms with E-state index in [9.17, 15) is 0 Å². The third kappa shape index (κ3) is 3.05. The SMILES string of the molecule is Cc1cccc(-c2nc(CN3CCN[C@@H](C)C3)no2)c1. The van der Waals surface area contributed by atoms with Crippen LogP contribution in [0.5, 0.6) is 0 Å². The highest BCUT2D eigenvalue weighted by atomic mass is 16.5. The lowest BCUT2D eigenvalue weighted by Crippen LogP contribution is -2.48. The van der Waals surface area contributed by atoms with E-state index in [0.717, 1.165) is 37.6 Å². The van der Waals surface area contributed by atoms with E-state index in [-0.39, 0.29) is 0 Å². The van der Waals surface area contributed by atoms with Crippen molar-refractivity contribution in [1.29, 1.82) is 0 Å². The van der Waals surface area contributed by atoms with Gasteiger partial charge in [0.25, 0.3) is 5.89 Å². The molecule has 1 atom stereocenters. The van der Waals surface area contributed by atoms with E-state index in [0.29, 0.717) is 11.9 Å². The molecule has 0 spiro atoms. The van der Waals surface area contributed by atoms with Gasteiger partial charge in [0, 0.05) is 31.2 Å². The fraction of sp³-hybridized carbons (Fsp3) is 0.467. The van der Waals surface area contributed by atoms with E-state index in [4.69, 9.17) is 4.52 Å². The number of piperazine rings is 1. The van der Waals surface area contributed by atoms with Crippen LogP contribution in [0.3, 0.4) is 0 Å². The third-order valence-corrected chi connectivity index (χ3v) is 3.55. The molecule has 3 rings (SSSR count). The maximum Gasteiger partial charge on any atom is 0.257 e. The maximum absolute atomic E-state index is 5.37. The van der Waals surface area contributed by atoms with Crippen LogP contribution in [0.4, 0.5) is 0 Å². The van der Waals surface area contributed by atoms with Gasteiger partial charge in [-0.3, -0.25) is 4.90 Å². The summed E-state index contributed by atoms with van der Waals surface area (Å²) < 4.78 is 5.37. The highest BCUT2D eigenvalue weighted by Crippen LogP contribution is 2.18. The summed E-state index contributed by atoms with van der Waals surface area (Å²) in [7, 11) is 0. The first kappa shape index (κ1) is 13.3. The van der Waals surface area contributed by atoms with Crippen molar-refractivity contribution in [1.82, 2.24) is 20.4 Å². The molecule has 0 radical (unpaired) electrons. The van der Waals surface area contributed by atoms with E-state index in [2.05, 4.69) is 46.3 Å². The summed E-state index contributed by atoms with van der Waals surface area (Å²) in [5.74, 6) is 1.36. The summed E-state index contributed by atoms with van der Waals surface area (Å²) in [6.07, 6.45) is 0.